The van der Waals surface area contributed by atoms with Crippen LogP contribution in [-0.4, -0.2) is 37.2 Å². The number of allylic oxidation sites excluding steroid dienone is 16. The summed E-state index contributed by atoms with van der Waals surface area (Å²) in [4.78, 5) is 38.1. The van der Waals surface area contributed by atoms with Gasteiger partial charge < -0.3 is 14.2 Å². The summed E-state index contributed by atoms with van der Waals surface area (Å²) >= 11 is 0. The quantitative estimate of drug-likeness (QED) is 0.0262. The zero-order valence-electron chi connectivity index (χ0n) is 44.3. The zero-order valence-corrected chi connectivity index (χ0v) is 44.3. The average molecular weight is 946 g/mol. The monoisotopic (exact) mass is 945 g/mol. The first-order valence-corrected chi connectivity index (χ1v) is 28.2. The van der Waals surface area contributed by atoms with Crippen molar-refractivity contribution in [3.63, 3.8) is 0 Å². The van der Waals surface area contributed by atoms with Gasteiger partial charge in [-0.15, -0.1) is 0 Å². The summed E-state index contributed by atoms with van der Waals surface area (Å²) in [6.45, 7) is 6.50. The van der Waals surface area contributed by atoms with Crippen LogP contribution in [0.3, 0.4) is 0 Å². The summed E-state index contributed by atoms with van der Waals surface area (Å²) in [6, 6.07) is 0. The van der Waals surface area contributed by atoms with Crippen molar-refractivity contribution in [2.45, 2.75) is 264 Å². The van der Waals surface area contributed by atoms with E-state index in [1.54, 1.807) is 0 Å². The van der Waals surface area contributed by atoms with Gasteiger partial charge in [-0.2, -0.15) is 0 Å². The molecule has 0 aromatic carbocycles. The van der Waals surface area contributed by atoms with Gasteiger partial charge in [-0.05, 0) is 96.3 Å². The molecule has 0 N–H and O–H groups in total. The van der Waals surface area contributed by atoms with Gasteiger partial charge in [-0.3, -0.25) is 14.4 Å². The van der Waals surface area contributed by atoms with Crippen LogP contribution in [0, 0.1) is 0 Å². The summed E-state index contributed by atoms with van der Waals surface area (Å²) in [5, 5.41) is 0. The molecule has 0 spiro atoms. The molecular formula is C62H104O6. The Morgan fingerprint density at radius 1 is 0.294 bits per heavy atom. The minimum Gasteiger partial charge on any atom is -0.462 e. The second-order valence-corrected chi connectivity index (χ2v) is 18.5. The van der Waals surface area contributed by atoms with Gasteiger partial charge in [-0.25, -0.2) is 0 Å². The summed E-state index contributed by atoms with van der Waals surface area (Å²) in [7, 11) is 0. The second-order valence-electron chi connectivity index (χ2n) is 18.5. The van der Waals surface area contributed by atoms with Crippen molar-refractivity contribution in [2.75, 3.05) is 13.2 Å². The Morgan fingerprint density at radius 3 is 0.882 bits per heavy atom. The topological polar surface area (TPSA) is 78.9 Å². The number of ether oxygens (including phenoxy) is 3. The van der Waals surface area contributed by atoms with Crippen LogP contribution in [0.5, 0.6) is 0 Å². The third-order valence-corrected chi connectivity index (χ3v) is 11.8. The van der Waals surface area contributed by atoms with E-state index in [0.717, 1.165) is 70.6 Å². The average Bonchev–Trinajstić information content (AvgIpc) is 3.34. The minimum absolute atomic E-state index is 0.115. The zero-order chi connectivity index (χ0) is 49.3. The molecule has 0 saturated carbocycles. The Hall–Kier alpha value is -3.67. The van der Waals surface area contributed by atoms with Crippen LogP contribution in [0.1, 0.15) is 258 Å². The van der Waals surface area contributed by atoms with E-state index in [0.29, 0.717) is 19.3 Å². The van der Waals surface area contributed by atoms with Crippen LogP contribution >= 0.6 is 0 Å². The molecule has 68 heavy (non-hydrogen) atoms. The molecule has 0 aliphatic carbocycles. The van der Waals surface area contributed by atoms with Gasteiger partial charge in [0.05, 0.1) is 0 Å². The highest BCUT2D eigenvalue weighted by atomic mass is 16.6. The molecule has 0 aromatic heterocycles. The van der Waals surface area contributed by atoms with E-state index in [4.69, 9.17) is 14.2 Å². The summed E-state index contributed by atoms with van der Waals surface area (Å²) < 4.78 is 16.8. The predicted octanol–water partition coefficient (Wildman–Crippen LogP) is 18.9. The molecule has 0 saturated heterocycles. The van der Waals surface area contributed by atoms with Crippen molar-refractivity contribution < 1.29 is 28.6 Å². The molecule has 6 heteroatoms. The van der Waals surface area contributed by atoms with Crippen LogP contribution in [0.15, 0.2) is 97.2 Å². The highest BCUT2D eigenvalue weighted by Crippen LogP contribution is 2.15. The molecule has 0 rings (SSSR count). The molecule has 0 radical (unpaired) electrons. The molecule has 1 atom stereocenters. The Morgan fingerprint density at radius 2 is 0.544 bits per heavy atom. The highest BCUT2D eigenvalue weighted by molar-refractivity contribution is 5.71. The maximum atomic E-state index is 12.8. The first-order valence-electron chi connectivity index (χ1n) is 28.2. The van der Waals surface area contributed by atoms with Gasteiger partial charge in [0.25, 0.3) is 0 Å². The van der Waals surface area contributed by atoms with Gasteiger partial charge in [-0.1, -0.05) is 240 Å². The fraction of sp³-hybridized carbons (Fsp3) is 0.694. The molecule has 0 heterocycles. The molecular weight excluding hydrogens is 841 g/mol. The third-order valence-electron chi connectivity index (χ3n) is 11.8. The van der Waals surface area contributed by atoms with E-state index in [1.807, 2.05) is 0 Å². The van der Waals surface area contributed by atoms with Crippen molar-refractivity contribution in [2.24, 2.45) is 0 Å². The van der Waals surface area contributed by atoms with E-state index in [2.05, 4.69) is 118 Å². The standard InChI is InChI=1S/C62H104O6/c1-4-7-10-13-16-19-22-25-28-31-34-37-40-43-46-49-52-55-61(64)67-58-59(57-66-60(63)54-51-48-45-42-39-36-33-30-27-24-21-18-15-12-9-6-3)68-62(65)56-53-50-47-44-41-38-35-32-29-26-23-20-17-14-11-8-5-2/h16-17,19-20,25-26,28-29,34-35,37-38,43-44,46-47,59H,4-15,18,21-24,27,30-33,36,39-42,45,48-58H2,1-3H3/b19-16-,20-17-,28-25-,29-26-,37-34-,38-35-,46-43-,47-44-. The third kappa shape index (κ3) is 53.3. The van der Waals surface area contributed by atoms with Crippen molar-refractivity contribution in [1.82, 2.24) is 0 Å². The van der Waals surface area contributed by atoms with Crippen LogP contribution in [0.2, 0.25) is 0 Å². The molecule has 0 aliphatic rings. The number of carbonyl (C=O) groups is 3. The number of hydrogen-bond donors (Lipinski definition) is 0. The molecule has 388 valence electrons. The van der Waals surface area contributed by atoms with Gasteiger partial charge in [0.2, 0.25) is 0 Å². The molecule has 0 aromatic rings. The van der Waals surface area contributed by atoms with E-state index in [1.165, 1.54) is 135 Å². The van der Waals surface area contributed by atoms with Gasteiger partial charge >= 0.3 is 17.9 Å². The summed E-state index contributed by atoms with van der Waals surface area (Å²) in [5.74, 6) is -1.03. The second kappa shape index (κ2) is 55.9. The van der Waals surface area contributed by atoms with Crippen molar-refractivity contribution >= 4 is 17.9 Å². The Kier molecular flexibility index (Phi) is 52.9. The smallest absolute Gasteiger partial charge is 0.306 e. The first-order chi connectivity index (χ1) is 33.5. The highest BCUT2D eigenvalue weighted by Gasteiger charge is 2.19. The normalized spacial score (nSPS) is 12.8. The number of unbranched alkanes of at least 4 members (excludes halogenated alkanes) is 23. The molecule has 0 bridgehead atoms. The first kappa shape index (κ1) is 64.3. The Labute approximate surface area is 419 Å². The summed E-state index contributed by atoms with van der Waals surface area (Å²) in [5.41, 5.74) is 0. The van der Waals surface area contributed by atoms with Crippen LogP contribution in [0.4, 0.5) is 0 Å². The number of carbonyl (C=O) groups excluding carboxylic acids is 3. The molecule has 6 nitrogen and oxygen atoms in total. The van der Waals surface area contributed by atoms with E-state index >= 15 is 0 Å². The van der Waals surface area contributed by atoms with E-state index in [9.17, 15) is 14.4 Å². The lowest BCUT2D eigenvalue weighted by molar-refractivity contribution is -0.167. The maximum absolute atomic E-state index is 12.8. The minimum atomic E-state index is -0.828. The van der Waals surface area contributed by atoms with Crippen molar-refractivity contribution in [3.05, 3.63) is 97.2 Å². The Bertz CT molecular complexity index is 1360. The largest absolute Gasteiger partial charge is 0.462 e. The van der Waals surface area contributed by atoms with Crippen molar-refractivity contribution in [3.8, 4) is 0 Å². The van der Waals surface area contributed by atoms with Gasteiger partial charge in [0.15, 0.2) is 6.10 Å². The van der Waals surface area contributed by atoms with Gasteiger partial charge in [0.1, 0.15) is 13.2 Å². The fourth-order valence-corrected chi connectivity index (χ4v) is 7.54. The van der Waals surface area contributed by atoms with Crippen LogP contribution in [-0.2, 0) is 28.6 Å². The lowest BCUT2D eigenvalue weighted by Crippen LogP contribution is -2.30. The predicted molar refractivity (Wildman–Crippen MR) is 293 cm³/mol. The molecule has 0 amide bonds. The number of rotatable bonds is 50. The lowest BCUT2D eigenvalue weighted by Gasteiger charge is -2.18. The fourth-order valence-electron chi connectivity index (χ4n) is 7.54. The summed E-state index contributed by atoms with van der Waals surface area (Å²) in [6.07, 6.45) is 74.0. The van der Waals surface area contributed by atoms with Crippen LogP contribution < -0.4 is 0 Å². The van der Waals surface area contributed by atoms with E-state index < -0.39 is 6.10 Å². The van der Waals surface area contributed by atoms with E-state index in [-0.39, 0.29) is 44.0 Å². The van der Waals surface area contributed by atoms with Crippen molar-refractivity contribution in [1.29, 1.82) is 0 Å². The molecule has 0 aliphatic heterocycles. The number of esters is 3. The maximum Gasteiger partial charge on any atom is 0.306 e. The SMILES string of the molecule is CCCCC/C=C\C/C=C\C/C=C\C/C=C\CCCC(=O)OCC(COC(=O)CCCCCCCCCCCCCCCCCC)OC(=O)CCC/C=C\C/C=C\C/C=C\C/C=C\CCCCC. The lowest BCUT2D eigenvalue weighted by atomic mass is 10.0. The van der Waals surface area contributed by atoms with Gasteiger partial charge in [0, 0.05) is 19.3 Å². The molecule has 0 fully saturated rings. The number of hydrogen-bond acceptors (Lipinski definition) is 6. The molecule has 1 unspecified atom stereocenters. The van der Waals surface area contributed by atoms with Crippen LogP contribution in [0.25, 0.3) is 0 Å². The Balaban J connectivity index is 4.55.